The number of hydrogen-bond donors (Lipinski definition) is 1. The zero-order valence-corrected chi connectivity index (χ0v) is 13.1. The first-order valence-electron chi connectivity index (χ1n) is 7.02. The van der Waals surface area contributed by atoms with E-state index in [-0.39, 0.29) is 5.75 Å². The van der Waals surface area contributed by atoms with Crippen molar-refractivity contribution in [2.24, 2.45) is 0 Å². The Morgan fingerprint density at radius 2 is 1.78 bits per heavy atom. The third-order valence-corrected chi connectivity index (χ3v) is 8.98. The molecule has 3 heteroatoms. The van der Waals surface area contributed by atoms with Gasteiger partial charge in [-0.05, 0) is 29.8 Å². The van der Waals surface area contributed by atoms with Gasteiger partial charge in [-0.1, -0.05) is 46.6 Å². The third kappa shape index (κ3) is 3.77. The van der Waals surface area contributed by atoms with Gasteiger partial charge in [0.1, 0.15) is 11.5 Å². The van der Waals surface area contributed by atoms with E-state index >= 15 is 0 Å². The van der Waals surface area contributed by atoms with Gasteiger partial charge in [-0.3, -0.25) is 0 Å². The molecule has 0 aromatic heterocycles. The van der Waals surface area contributed by atoms with E-state index in [1.807, 2.05) is 12.1 Å². The second kappa shape index (κ2) is 6.83. The van der Waals surface area contributed by atoms with Gasteiger partial charge in [-0.15, -0.1) is 0 Å². The van der Waals surface area contributed by atoms with Crippen LogP contribution in [0.4, 0.5) is 0 Å². The highest BCUT2D eigenvalue weighted by molar-refractivity contribution is 6.75. The van der Waals surface area contributed by atoms with Crippen molar-refractivity contribution in [1.29, 1.82) is 0 Å². The molecule has 0 bridgehead atoms. The van der Waals surface area contributed by atoms with Crippen LogP contribution in [0.2, 0.25) is 17.6 Å². The number of phenols is 1. The Labute approximate surface area is 112 Å². The van der Waals surface area contributed by atoms with E-state index < -0.39 is 8.32 Å². The summed E-state index contributed by atoms with van der Waals surface area (Å²) in [4.78, 5) is 0. The lowest BCUT2D eigenvalue weighted by atomic mass is 10.3. The van der Waals surface area contributed by atoms with Crippen molar-refractivity contribution < 1.29 is 9.53 Å². The highest BCUT2D eigenvalue weighted by Gasteiger charge is 2.38. The number of phenolic OH excluding ortho intramolecular Hbond substituents is 1. The normalized spacial score (nSPS) is 11.8. The first kappa shape index (κ1) is 15.1. The van der Waals surface area contributed by atoms with E-state index in [0.29, 0.717) is 5.54 Å². The maximum Gasteiger partial charge on any atom is 0.253 e. The van der Waals surface area contributed by atoms with Crippen molar-refractivity contribution in [1.82, 2.24) is 0 Å². The van der Waals surface area contributed by atoms with E-state index in [0.717, 1.165) is 5.75 Å². The first-order valence-corrected chi connectivity index (χ1v) is 9.42. The summed E-state index contributed by atoms with van der Waals surface area (Å²) in [5.41, 5.74) is 0.597. The molecule has 102 valence electrons. The second-order valence-corrected chi connectivity index (χ2v) is 9.81. The van der Waals surface area contributed by atoms with Crippen LogP contribution in [0.5, 0.6) is 11.5 Å². The molecule has 0 saturated heterocycles. The molecule has 0 saturated carbocycles. The molecule has 1 N–H and O–H groups in total. The van der Waals surface area contributed by atoms with Crippen molar-refractivity contribution in [3.05, 3.63) is 24.3 Å². The zero-order valence-electron chi connectivity index (χ0n) is 12.1. The number of benzene rings is 1. The summed E-state index contributed by atoms with van der Waals surface area (Å²) in [6.45, 7) is 9.01. The predicted molar refractivity (Wildman–Crippen MR) is 79.8 cm³/mol. The Morgan fingerprint density at radius 3 is 2.22 bits per heavy atom. The van der Waals surface area contributed by atoms with E-state index in [1.54, 1.807) is 12.1 Å². The smallest absolute Gasteiger partial charge is 0.253 e. The van der Waals surface area contributed by atoms with Gasteiger partial charge in [0, 0.05) is 6.07 Å². The molecule has 0 heterocycles. The Balaban J connectivity index is 2.95. The van der Waals surface area contributed by atoms with E-state index in [2.05, 4.69) is 27.7 Å². The van der Waals surface area contributed by atoms with Gasteiger partial charge >= 0.3 is 0 Å². The molecule has 18 heavy (non-hydrogen) atoms. The van der Waals surface area contributed by atoms with Crippen molar-refractivity contribution in [3.8, 4) is 11.5 Å². The summed E-state index contributed by atoms with van der Waals surface area (Å²) in [6, 6.07) is 9.60. The second-order valence-electron chi connectivity index (χ2n) is 5.32. The lowest BCUT2D eigenvalue weighted by Gasteiger charge is -2.35. The molecule has 0 atom stereocenters. The minimum absolute atomic E-state index is 0.284. The molecule has 1 aromatic rings. The van der Waals surface area contributed by atoms with Crippen molar-refractivity contribution in [2.45, 2.75) is 58.2 Å². The lowest BCUT2D eigenvalue weighted by Crippen LogP contribution is -2.44. The highest BCUT2D eigenvalue weighted by Crippen LogP contribution is 2.35. The van der Waals surface area contributed by atoms with Crippen LogP contribution < -0.4 is 4.43 Å². The number of rotatable bonds is 7. The van der Waals surface area contributed by atoms with Crippen LogP contribution in [0.15, 0.2) is 24.3 Å². The van der Waals surface area contributed by atoms with Gasteiger partial charge in [0.05, 0.1) is 0 Å². The molecule has 1 aromatic carbocycles. The zero-order chi connectivity index (χ0) is 13.6. The molecule has 0 unspecified atom stereocenters. The summed E-state index contributed by atoms with van der Waals surface area (Å²) in [7, 11) is -1.75. The Kier molecular flexibility index (Phi) is 5.73. The van der Waals surface area contributed by atoms with Gasteiger partial charge in [0.2, 0.25) is 0 Å². The SMILES string of the molecule is CCC[Si](CCC)(Oc1cccc(O)c1)C(C)C. The van der Waals surface area contributed by atoms with Crippen LogP contribution in [0.3, 0.4) is 0 Å². The van der Waals surface area contributed by atoms with Crippen LogP contribution >= 0.6 is 0 Å². The quantitative estimate of drug-likeness (QED) is 0.708. The Bertz CT molecular complexity index is 357. The van der Waals surface area contributed by atoms with Crippen molar-refractivity contribution in [3.63, 3.8) is 0 Å². The average Bonchev–Trinajstić information content (AvgIpc) is 2.29. The highest BCUT2D eigenvalue weighted by atomic mass is 28.4. The molecule has 2 nitrogen and oxygen atoms in total. The number of aromatic hydroxyl groups is 1. The average molecular weight is 266 g/mol. The Hall–Kier alpha value is -0.963. The molecule has 0 aliphatic rings. The first-order chi connectivity index (χ1) is 8.54. The standard InChI is InChI=1S/C15H26O2Si/c1-5-10-18(11-6-2,13(3)4)17-15-9-7-8-14(16)12-15/h7-9,12-13,16H,5-6,10-11H2,1-4H3. The summed E-state index contributed by atoms with van der Waals surface area (Å²) >= 11 is 0. The predicted octanol–water partition coefficient (Wildman–Crippen LogP) is 4.95. The van der Waals surface area contributed by atoms with Crippen LogP contribution in [0, 0.1) is 0 Å². The summed E-state index contributed by atoms with van der Waals surface area (Å²) in [5.74, 6) is 1.12. The fourth-order valence-corrected chi connectivity index (χ4v) is 6.68. The van der Waals surface area contributed by atoms with E-state index in [1.165, 1.54) is 24.9 Å². The van der Waals surface area contributed by atoms with Gasteiger partial charge < -0.3 is 9.53 Å². The summed E-state index contributed by atoms with van der Waals surface area (Å²) in [6.07, 6.45) is 2.34. The minimum Gasteiger partial charge on any atom is -0.543 e. The molecular weight excluding hydrogens is 240 g/mol. The maximum absolute atomic E-state index is 9.54. The molecule has 0 aliphatic heterocycles. The topological polar surface area (TPSA) is 29.5 Å². The molecule has 0 fully saturated rings. The van der Waals surface area contributed by atoms with Crippen molar-refractivity contribution in [2.75, 3.05) is 0 Å². The monoisotopic (exact) mass is 266 g/mol. The Morgan fingerprint density at radius 1 is 1.17 bits per heavy atom. The molecule has 0 spiro atoms. The molecule has 0 radical (unpaired) electrons. The van der Waals surface area contributed by atoms with Crippen LogP contribution in [0.1, 0.15) is 40.5 Å². The largest absolute Gasteiger partial charge is 0.543 e. The fourth-order valence-electron chi connectivity index (χ4n) is 2.55. The summed E-state index contributed by atoms with van der Waals surface area (Å²) < 4.78 is 6.40. The van der Waals surface area contributed by atoms with E-state index in [9.17, 15) is 5.11 Å². The molecule has 1 rings (SSSR count). The fraction of sp³-hybridized carbons (Fsp3) is 0.600. The maximum atomic E-state index is 9.54. The summed E-state index contributed by atoms with van der Waals surface area (Å²) in [5, 5.41) is 9.54. The van der Waals surface area contributed by atoms with Gasteiger partial charge in [0.25, 0.3) is 8.32 Å². The molecule has 0 aliphatic carbocycles. The minimum atomic E-state index is -1.75. The van der Waals surface area contributed by atoms with Crippen LogP contribution in [-0.4, -0.2) is 13.4 Å². The van der Waals surface area contributed by atoms with Crippen molar-refractivity contribution >= 4 is 8.32 Å². The van der Waals surface area contributed by atoms with E-state index in [4.69, 9.17) is 4.43 Å². The molecular formula is C15H26O2Si. The molecule has 0 amide bonds. The van der Waals surface area contributed by atoms with Crippen LogP contribution in [-0.2, 0) is 0 Å². The van der Waals surface area contributed by atoms with Crippen LogP contribution in [0.25, 0.3) is 0 Å². The van der Waals surface area contributed by atoms with Gasteiger partial charge in [0.15, 0.2) is 0 Å². The van der Waals surface area contributed by atoms with Gasteiger partial charge in [-0.25, -0.2) is 0 Å². The number of hydrogen-bond acceptors (Lipinski definition) is 2. The lowest BCUT2D eigenvalue weighted by molar-refractivity contribution is 0.464. The third-order valence-electron chi connectivity index (χ3n) is 3.54. The van der Waals surface area contributed by atoms with Gasteiger partial charge in [-0.2, -0.15) is 0 Å².